The first-order valence-corrected chi connectivity index (χ1v) is 7.44. The van der Waals surface area contributed by atoms with Crippen molar-refractivity contribution in [1.29, 1.82) is 0 Å². The molecule has 1 aromatic carbocycles. The first-order chi connectivity index (χ1) is 9.66. The van der Waals surface area contributed by atoms with Gasteiger partial charge in [-0.2, -0.15) is 0 Å². The monoisotopic (exact) mass is 279 g/mol. The molecule has 1 fully saturated rings. The minimum Gasteiger partial charge on any atom is -0.490 e. The van der Waals surface area contributed by atoms with Gasteiger partial charge in [0.15, 0.2) is 11.5 Å². The van der Waals surface area contributed by atoms with Gasteiger partial charge in [-0.05, 0) is 43.0 Å². The van der Waals surface area contributed by atoms with Crippen LogP contribution in [0.15, 0.2) is 12.1 Å². The zero-order valence-corrected chi connectivity index (χ0v) is 12.0. The molecule has 1 unspecified atom stereocenters. The van der Waals surface area contributed by atoms with Gasteiger partial charge in [0.05, 0.1) is 13.2 Å². The number of hydrogen-bond donors (Lipinski definition) is 1. The number of halogens is 1. The standard InChI is InChI=1S/C16H22FNO2/c1-11(17)12-8-14-15(20-7-3-6-19-14)9-13(12)16(10-18)4-2-5-16/h8-9,11H,2-7,10,18H2,1H3. The molecular formula is C16H22FNO2. The Balaban J connectivity index is 2.09. The number of alkyl halides is 1. The van der Waals surface area contributed by atoms with E-state index in [2.05, 4.69) is 0 Å². The normalized spacial score (nSPS) is 21.8. The number of rotatable bonds is 3. The van der Waals surface area contributed by atoms with Crippen molar-refractivity contribution in [3.63, 3.8) is 0 Å². The molecule has 1 aromatic rings. The van der Waals surface area contributed by atoms with Gasteiger partial charge in [0.2, 0.25) is 0 Å². The summed E-state index contributed by atoms with van der Waals surface area (Å²) in [6.07, 6.45) is 3.05. The van der Waals surface area contributed by atoms with Crippen LogP contribution in [0.25, 0.3) is 0 Å². The Hall–Kier alpha value is -1.29. The highest BCUT2D eigenvalue weighted by Gasteiger charge is 2.40. The SMILES string of the molecule is CC(F)c1cc2c(cc1C1(CN)CCC1)OCCCO2. The van der Waals surface area contributed by atoms with E-state index in [-0.39, 0.29) is 5.41 Å². The van der Waals surface area contributed by atoms with Crippen LogP contribution in [-0.2, 0) is 5.41 Å². The summed E-state index contributed by atoms with van der Waals surface area (Å²) in [5.74, 6) is 1.40. The van der Waals surface area contributed by atoms with Gasteiger partial charge in [-0.25, -0.2) is 4.39 Å². The Morgan fingerprint density at radius 2 is 1.85 bits per heavy atom. The Bertz CT molecular complexity index is 492. The van der Waals surface area contributed by atoms with Crippen LogP contribution in [0, 0.1) is 0 Å². The fourth-order valence-corrected chi connectivity index (χ4v) is 3.20. The van der Waals surface area contributed by atoms with E-state index in [9.17, 15) is 4.39 Å². The van der Waals surface area contributed by atoms with E-state index in [1.807, 2.05) is 12.1 Å². The van der Waals surface area contributed by atoms with Crippen LogP contribution in [0.1, 0.15) is 49.9 Å². The lowest BCUT2D eigenvalue weighted by atomic mass is 9.63. The lowest BCUT2D eigenvalue weighted by Gasteiger charge is -2.43. The molecule has 1 heterocycles. The first kappa shape index (κ1) is 13.7. The second-order valence-electron chi connectivity index (χ2n) is 5.89. The fourth-order valence-electron chi connectivity index (χ4n) is 3.20. The molecule has 0 saturated heterocycles. The molecule has 0 bridgehead atoms. The van der Waals surface area contributed by atoms with Gasteiger partial charge >= 0.3 is 0 Å². The van der Waals surface area contributed by atoms with Crippen molar-refractivity contribution in [2.75, 3.05) is 19.8 Å². The lowest BCUT2D eigenvalue weighted by molar-refractivity contribution is 0.243. The van der Waals surface area contributed by atoms with Crippen LogP contribution in [0.4, 0.5) is 4.39 Å². The largest absolute Gasteiger partial charge is 0.490 e. The van der Waals surface area contributed by atoms with Crippen LogP contribution in [-0.4, -0.2) is 19.8 Å². The van der Waals surface area contributed by atoms with E-state index in [1.165, 1.54) is 0 Å². The zero-order chi connectivity index (χ0) is 14.2. The smallest absolute Gasteiger partial charge is 0.161 e. The summed E-state index contributed by atoms with van der Waals surface area (Å²) in [6.45, 7) is 3.40. The molecule has 3 nitrogen and oxygen atoms in total. The van der Waals surface area contributed by atoms with Crippen molar-refractivity contribution in [2.45, 2.75) is 44.2 Å². The van der Waals surface area contributed by atoms with Crippen LogP contribution in [0.5, 0.6) is 11.5 Å². The molecule has 0 radical (unpaired) electrons. The van der Waals surface area contributed by atoms with E-state index in [4.69, 9.17) is 15.2 Å². The molecular weight excluding hydrogens is 257 g/mol. The summed E-state index contributed by atoms with van der Waals surface area (Å²) in [6, 6.07) is 3.79. The number of hydrogen-bond acceptors (Lipinski definition) is 3. The molecule has 3 rings (SSSR count). The molecule has 1 aliphatic carbocycles. The van der Waals surface area contributed by atoms with Crippen molar-refractivity contribution in [3.05, 3.63) is 23.3 Å². The topological polar surface area (TPSA) is 44.5 Å². The third kappa shape index (κ3) is 2.16. The predicted octanol–water partition coefficient (Wildman–Crippen LogP) is 3.26. The van der Waals surface area contributed by atoms with Crippen molar-refractivity contribution in [1.82, 2.24) is 0 Å². The number of fused-ring (bicyclic) bond motifs is 1. The predicted molar refractivity (Wildman–Crippen MR) is 76.2 cm³/mol. The van der Waals surface area contributed by atoms with E-state index in [0.717, 1.165) is 37.0 Å². The maximum atomic E-state index is 14.1. The molecule has 0 aromatic heterocycles. The fraction of sp³-hybridized carbons (Fsp3) is 0.625. The Kier molecular flexibility index (Phi) is 3.59. The molecule has 1 saturated carbocycles. The summed E-state index contributed by atoms with van der Waals surface area (Å²) >= 11 is 0. The summed E-state index contributed by atoms with van der Waals surface area (Å²) < 4.78 is 25.5. The maximum Gasteiger partial charge on any atom is 0.161 e. The molecule has 20 heavy (non-hydrogen) atoms. The molecule has 0 amide bonds. The van der Waals surface area contributed by atoms with Gasteiger partial charge in [0.1, 0.15) is 6.17 Å². The summed E-state index contributed by atoms with van der Waals surface area (Å²) in [7, 11) is 0. The minimum atomic E-state index is -1.02. The maximum absolute atomic E-state index is 14.1. The zero-order valence-electron chi connectivity index (χ0n) is 12.0. The quantitative estimate of drug-likeness (QED) is 0.923. The molecule has 1 atom stereocenters. The third-order valence-electron chi connectivity index (χ3n) is 4.62. The summed E-state index contributed by atoms with van der Waals surface area (Å²) in [5, 5.41) is 0. The second-order valence-corrected chi connectivity index (χ2v) is 5.89. The van der Waals surface area contributed by atoms with E-state index < -0.39 is 6.17 Å². The summed E-state index contributed by atoms with van der Waals surface area (Å²) in [4.78, 5) is 0. The first-order valence-electron chi connectivity index (χ1n) is 7.44. The Morgan fingerprint density at radius 1 is 1.20 bits per heavy atom. The highest BCUT2D eigenvalue weighted by molar-refractivity contribution is 5.52. The molecule has 0 spiro atoms. The molecule has 1 aliphatic heterocycles. The van der Waals surface area contributed by atoms with Crippen LogP contribution in [0.2, 0.25) is 0 Å². The van der Waals surface area contributed by atoms with Gasteiger partial charge in [0.25, 0.3) is 0 Å². The van der Waals surface area contributed by atoms with E-state index in [0.29, 0.717) is 31.1 Å². The number of ether oxygens (including phenoxy) is 2. The average molecular weight is 279 g/mol. The number of nitrogens with two attached hydrogens (primary N) is 1. The minimum absolute atomic E-state index is 0.0691. The van der Waals surface area contributed by atoms with Gasteiger partial charge in [-0.3, -0.25) is 0 Å². The second kappa shape index (κ2) is 5.24. The van der Waals surface area contributed by atoms with Crippen molar-refractivity contribution in [3.8, 4) is 11.5 Å². The van der Waals surface area contributed by atoms with Crippen molar-refractivity contribution >= 4 is 0 Å². The molecule has 2 N–H and O–H groups in total. The molecule has 110 valence electrons. The van der Waals surface area contributed by atoms with Crippen LogP contribution < -0.4 is 15.2 Å². The van der Waals surface area contributed by atoms with Gasteiger partial charge in [0, 0.05) is 18.4 Å². The average Bonchev–Trinajstić information content (AvgIpc) is 2.61. The highest BCUT2D eigenvalue weighted by Crippen LogP contribution is 2.48. The van der Waals surface area contributed by atoms with Crippen molar-refractivity contribution in [2.24, 2.45) is 5.73 Å². The van der Waals surface area contributed by atoms with Gasteiger partial charge < -0.3 is 15.2 Å². The molecule has 2 aliphatic rings. The van der Waals surface area contributed by atoms with E-state index in [1.54, 1.807) is 6.92 Å². The molecule has 4 heteroatoms. The Morgan fingerprint density at radius 3 is 2.35 bits per heavy atom. The summed E-state index contributed by atoms with van der Waals surface area (Å²) in [5.41, 5.74) is 7.64. The number of benzene rings is 1. The Labute approximate surface area is 119 Å². The highest BCUT2D eigenvalue weighted by atomic mass is 19.1. The lowest BCUT2D eigenvalue weighted by Crippen LogP contribution is -2.42. The third-order valence-corrected chi connectivity index (χ3v) is 4.62. The van der Waals surface area contributed by atoms with Crippen LogP contribution >= 0.6 is 0 Å². The van der Waals surface area contributed by atoms with Gasteiger partial charge in [-0.15, -0.1) is 0 Å². The van der Waals surface area contributed by atoms with E-state index >= 15 is 0 Å². The van der Waals surface area contributed by atoms with Crippen LogP contribution in [0.3, 0.4) is 0 Å². The van der Waals surface area contributed by atoms with Gasteiger partial charge in [-0.1, -0.05) is 6.42 Å². The van der Waals surface area contributed by atoms with Crippen molar-refractivity contribution < 1.29 is 13.9 Å².